The molecule has 1 fully saturated rings. The van der Waals surface area contributed by atoms with Gasteiger partial charge in [0.2, 0.25) is 0 Å². The quantitative estimate of drug-likeness (QED) is 0.658. The first kappa shape index (κ1) is 12.9. The van der Waals surface area contributed by atoms with Gasteiger partial charge in [-0.2, -0.15) is 0 Å². The van der Waals surface area contributed by atoms with Gasteiger partial charge in [-0.15, -0.1) is 0 Å². The van der Waals surface area contributed by atoms with Gasteiger partial charge in [0.25, 0.3) is 0 Å². The molecule has 3 N–H and O–H groups in total. The maximum Gasteiger partial charge on any atom is 0.126 e. The summed E-state index contributed by atoms with van der Waals surface area (Å²) < 4.78 is 5.43. The zero-order chi connectivity index (χ0) is 14.1. The minimum absolute atomic E-state index is 0.0547. The monoisotopic (exact) mass is 270 g/mol. The van der Waals surface area contributed by atoms with Crippen molar-refractivity contribution in [1.82, 2.24) is 4.98 Å². The minimum Gasteiger partial charge on any atom is -0.384 e. The van der Waals surface area contributed by atoms with Crippen molar-refractivity contribution >= 4 is 22.4 Å². The maximum absolute atomic E-state index is 7.79. The van der Waals surface area contributed by atoms with Crippen LogP contribution in [0, 0.1) is 5.41 Å². The summed E-state index contributed by atoms with van der Waals surface area (Å²) in [5, 5.41) is 8.83. The third kappa shape index (κ3) is 2.10. The molecule has 0 bridgehead atoms. The zero-order valence-corrected chi connectivity index (χ0v) is 11.5. The lowest BCUT2D eigenvalue weighted by Gasteiger charge is -2.23. The lowest BCUT2D eigenvalue weighted by atomic mass is 10.1. The number of fused-ring (bicyclic) bond motifs is 1. The number of hydrogen-bond acceptors (Lipinski definition) is 4. The van der Waals surface area contributed by atoms with Crippen LogP contribution in [0.5, 0.6) is 0 Å². The Hall–Kier alpha value is -2.14. The normalized spacial score (nSPS) is 18.6. The van der Waals surface area contributed by atoms with Crippen LogP contribution < -0.4 is 10.6 Å². The van der Waals surface area contributed by atoms with Crippen LogP contribution in [0.25, 0.3) is 10.9 Å². The molecule has 5 heteroatoms. The van der Waals surface area contributed by atoms with Gasteiger partial charge in [0.05, 0.1) is 22.9 Å². The van der Waals surface area contributed by atoms with Gasteiger partial charge >= 0.3 is 0 Å². The second-order valence-corrected chi connectivity index (χ2v) is 5.04. The Balaban J connectivity index is 2.15. The number of methoxy groups -OCH3 is 1. The standard InChI is InChI=1S/C15H18N4O/c1-20-10-6-7-19(9-10)14-11-4-2-3-5-13(11)18-8-12(14)15(16)17/h2-5,8,10H,6-7,9H2,1H3,(H3,16,17). The van der Waals surface area contributed by atoms with Gasteiger partial charge in [0.15, 0.2) is 0 Å². The fourth-order valence-electron chi connectivity index (χ4n) is 2.79. The molecule has 1 aromatic carbocycles. The highest BCUT2D eigenvalue weighted by atomic mass is 16.5. The number of hydrogen-bond donors (Lipinski definition) is 2. The number of nitrogens with zero attached hydrogens (tertiary/aromatic N) is 2. The lowest BCUT2D eigenvalue weighted by Crippen LogP contribution is -2.26. The van der Waals surface area contributed by atoms with Crippen LogP contribution in [-0.4, -0.2) is 37.1 Å². The number of nitrogens with one attached hydrogen (secondary N) is 1. The van der Waals surface area contributed by atoms with Gasteiger partial charge in [-0.3, -0.25) is 10.4 Å². The highest BCUT2D eigenvalue weighted by Crippen LogP contribution is 2.32. The van der Waals surface area contributed by atoms with E-state index >= 15 is 0 Å². The summed E-state index contributed by atoms with van der Waals surface area (Å²) in [5.41, 5.74) is 8.35. The summed E-state index contributed by atoms with van der Waals surface area (Å²) in [6.07, 6.45) is 2.92. The first-order valence-electron chi connectivity index (χ1n) is 6.70. The van der Waals surface area contributed by atoms with E-state index in [9.17, 15) is 0 Å². The van der Waals surface area contributed by atoms with Crippen LogP contribution in [0.3, 0.4) is 0 Å². The molecule has 1 aliphatic rings. The minimum atomic E-state index is 0.0547. The second kappa shape index (κ2) is 5.09. The summed E-state index contributed by atoms with van der Waals surface area (Å²) in [6, 6.07) is 7.96. The highest BCUT2D eigenvalue weighted by molar-refractivity contribution is 6.07. The molecule has 1 unspecified atom stereocenters. The number of ether oxygens (including phenoxy) is 1. The van der Waals surface area contributed by atoms with Crippen molar-refractivity contribution in [1.29, 1.82) is 5.41 Å². The first-order valence-corrected chi connectivity index (χ1v) is 6.70. The van der Waals surface area contributed by atoms with Crippen molar-refractivity contribution in [3.63, 3.8) is 0 Å². The molecule has 2 heterocycles. The summed E-state index contributed by atoms with van der Waals surface area (Å²) in [6.45, 7) is 1.73. The van der Waals surface area contributed by atoms with E-state index in [1.165, 1.54) is 0 Å². The zero-order valence-electron chi connectivity index (χ0n) is 11.5. The molecule has 5 nitrogen and oxygen atoms in total. The van der Waals surface area contributed by atoms with Crippen molar-refractivity contribution in [3.05, 3.63) is 36.0 Å². The van der Waals surface area contributed by atoms with Crippen molar-refractivity contribution < 1.29 is 4.74 Å². The van der Waals surface area contributed by atoms with E-state index < -0.39 is 0 Å². The number of anilines is 1. The molecule has 1 aromatic heterocycles. The molecule has 20 heavy (non-hydrogen) atoms. The Bertz CT molecular complexity index is 655. The number of benzene rings is 1. The molecule has 0 amide bonds. The average molecular weight is 270 g/mol. The first-order chi connectivity index (χ1) is 9.70. The third-order valence-corrected chi connectivity index (χ3v) is 3.83. The van der Waals surface area contributed by atoms with Crippen molar-refractivity contribution in [2.24, 2.45) is 5.73 Å². The number of nitrogens with two attached hydrogens (primary N) is 1. The number of amidine groups is 1. The van der Waals surface area contributed by atoms with Crippen LogP contribution in [0.15, 0.2) is 30.5 Å². The molecule has 1 atom stereocenters. The van der Waals surface area contributed by atoms with Crippen molar-refractivity contribution in [2.75, 3.05) is 25.1 Å². The van der Waals surface area contributed by atoms with Gasteiger partial charge in [-0.1, -0.05) is 18.2 Å². The van der Waals surface area contributed by atoms with Crippen LogP contribution in [-0.2, 0) is 4.74 Å². The molecular weight excluding hydrogens is 252 g/mol. The topological polar surface area (TPSA) is 75.2 Å². The third-order valence-electron chi connectivity index (χ3n) is 3.83. The Morgan fingerprint density at radius 3 is 2.95 bits per heavy atom. The molecule has 0 aliphatic carbocycles. The molecule has 0 saturated carbocycles. The summed E-state index contributed by atoms with van der Waals surface area (Å²) in [7, 11) is 1.74. The van der Waals surface area contributed by atoms with E-state index in [0.717, 1.165) is 36.1 Å². The number of aromatic nitrogens is 1. The number of pyridine rings is 1. The summed E-state index contributed by atoms with van der Waals surface area (Å²) in [4.78, 5) is 6.64. The molecule has 0 spiro atoms. The molecule has 2 aromatic rings. The Kier molecular flexibility index (Phi) is 3.28. The van der Waals surface area contributed by atoms with Crippen molar-refractivity contribution in [2.45, 2.75) is 12.5 Å². The Morgan fingerprint density at radius 1 is 1.45 bits per heavy atom. The number of rotatable bonds is 3. The smallest absolute Gasteiger partial charge is 0.126 e. The van der Waals surface area contributed by atoms with Gasteiger partial charge in [0.1, 0.15) is 5.84 Å². The lowest BCUT2D eigenvalue weighted by molar-refractivity contribution is 0.121. The van der Waals surface area contributed by atoms with Crippen LogP contribution in [0.1, 0.15) is 12.0 Å². The molecule has 1 aliphatic heterocycles. The van der Waals surface area contributed by atoms with E-state index in [2.05, 4.69) is 9.88 Å². The highest BCUT2D eigenvalue weighted by Gasteiger charge is 2.26. The fraction of sp³-hybridized carbons (Fsp3) is 0.333. The van der Waals surface area contributed by atoms with Gasteiger partial charge in [-0.05, 0) is 12.5 Å². The summed E-state index contributed by atoms with van der Waals surface area (Å²) >= 11 is 0. The van der Waals surface area contributed by atoms with E-state index in [1.807, 2.05) is 24.3 Å². The van der Waals surface area contributed by atoms with E-state index in [4.69, 9.17) is 15.9 Å². The van der Waals surface area contributed by atoms with E-state index in [1.54, 1.807) is 13.3 Å². The molecule has 104 valence electrons. The van der Waals surface area contributed by atoms with Gasteiger partial charge < -0.3 is 15.4 Å². The average Bonchev–Trinajstić information content (AvgIpc) is 2.94. The second-order valence-electron chi connectivity index (χ2n) is 5.04. The number of nitrogen functional groups attached to an aromatic ring is 1. The molecule has 1 saturated heterocycles. The summed E-state index contributed by atoms with van der Waals surface area (Å²) in [5.74, 6) is 0.0547. The Labute approximate surface area is 117 Å². The predicted molar refractivity (Wildman–Crippen MR) is 80.4 cm³/mol. The predicted octanol–water partition coefficient (Wildman–Crippen LogP) is 1.74. The van der Waals surface area contributed by atoms with Gasteiger partial charge in [0, 0.05) is 31.8 Å². The van der Waals surface area contributed by atoms with Crippen LogP contribution in [0.2, 0.25) is 0 Å². The number of para-hydroxylation sites is 1. The molecule has 3 rings (SSSR count). The van der Waals surface area contributed by atoms with Crippen molar-refractivity contribution in [3.8, 4) is 0 Å². The van der Waals surface area contributed by atoms with E-state index in [0.29, 0.717) is 5.56 Å². The maximum atomic E-state index is 7.79. The van der Waals surface area contributed by atoms with Crippen LogP contribution in [0.4, 0.5) is 5.69 Å². The van der Waals surface area contributed by atoms with E-state index in [-0.39, 0.29) is 11.9 Å². The van der Waals surface area contributed by atoms with Crippen LogP contribution >= 0.6 is 0 Å². The SMILES string of the molecule is COC1CCN(c2c(C(=N)N)cnc3ccccc23)C1. The van der Waals surface area contributed by atoms with Gasteiger partial charge in [-0.25, -0.2) is 0 Å². The Morgan fingerprint density at radius 2 is 2.25 bits per heavy atom. The molecule has 0 radical (unpaired) electrons. The molecular formula is C15H18N4O. The largest absolute Gasteiger partial charge is 0.384 e. The fourth-order valence-corrected chi connectivity index (χ4v) is 2.79.